The second kappa shape index (κ2) is 11.2. The molecular weight excluding hydrogens is 312 g/mol. The number of hydrogen-bond donors (Lipinski definition) is 1. The minimum Gasteiger partial charge on any atom is -0.480 e. The highest BCUT2D eigenvalue weighted by molar-refractivity contribution is 5.77. The van der Waals surface area contributed by atoms with E-state index in [2.05, 4.69) is 9.80 Å². The fourth-order valence-electron chi connectivity index (χ4n) is 2.75. The van der Waals surface area contributed by atoms with Crippen LogP contribution in [0.2, 0.25) is 0 Å². The number of rotatable bonds is 6. The fraction of sp³-hybridized carbons (Fsp3) is 0.812. The molecule has 0 aliphatic carbocycles. The molecule has 24 heavy (non-hydrogen) atoms. The summed E-state index contributed by atoms with van der Waals surface area (Å²) in [4.78, 5) is 41.6. The zero-order chi connectivity index (χ0) is 17.9. The number of nitrogens with zero attached hydrogens (tertiary/aromatic N) is 4. The van der Waals surface area contributed by atoms with E-state index in [9.17, 15) is 14.4 Å². The van der Waals surface area contributed by atoms with E-state index >= 15 is 0 Å². The number of hydrogen-bond acceptors (Lipinski definition) is 7. The van der Waals surface area contributed by atoms with Gasteiger partial charge in [-0.15, -0.1) is 0 Å². The van der Waals surface area contributed by atoms with Crippen molar-refractivity contribution >= 4 is 18.0 Å². The van der Waals surface area contributed by atoms with Crippen molar-refractivity contribution in [1.82, 2.24) is 19.6 Å². The molecule has 0 atom stereocenters. The highest BCUT2D eigenvalue weighted by Crippen LogP contribution is 1.99. The molecule has 1 N–H and O–H groups in total. The fourth-order valence-corrected chi connectivity index (χ4v) is 2.75. The van der Waals surface area contributed by atoms with Gasteiger partial charge in [0.15, 0.2) is 0 Å². The lowest BCUT2D eigenvalue weighted by Gasteiger charge is -2.31. The van der Waals surface area contributed by atoms with Crippen LogP contribution in [0.1, 0.15) is 6.92 Å². The Kier molecular flexibility index (Phi) is 9.70. The molecule has 0 unspecified atom stereocenters. The Morgan fingerprint density at radius 2 is 1.33 bits per heavy atom. The molecule has 1 aliphatic heterocycles. The maximum absolute atomic E-state index is 11.5. The summed E-state index contributed by atoms with van der Waals surface area (Å²) in [5, 5.41) is 9.06. The zero-order valence-corrected chi connectivity index (χ0v) is 14.8. The van der Waals surface area contributed by atoms with Crippen LogP contribution in [0.15, 0.2) is 0 Å². The molecule has 1 fully saturated rings. The van der Waals surface area contributed by atoms with Crippen molar-refractivity contribution < 1.29 is 19.5 Å². The summed E-state index contributed by atoms with van der Waals surface area (Å²) in [5.41, 5.74) is 0. The van der Waals surface area contributed by atoms with Crippen molar-refractivity contribution in [3.63, 3.8) is 0 Å². The number of carbonyl (C=O) groups excluding carboxylic acids is 2. The van der Waals surface area contributed by atoms with Gasteiger partial charge < -0.3 is 14.8 Å². The van der Waals surface area contributed by atoms with Gasteiger partial charge in [0.05, 0.1) is 19.6 Å². The molecule has 138 valence electrons. The first-order valence-electron chi connectivity index (χ1n) is 8.41. The number of carbonyl (C=O) groups is 3. The lowest BCUT2D eigenvalue weighted by atomic mass is 10.3. The molecule has 0 aromatic heterocycles. The third-order valence-electron chi connectivity index (χ3n) is 4.20. The third kappa shape index (κ3) is 9.07. The highest BCUT2D eigenvalue weighted by Gasteiger charge is 2.17. The molecule has 0 saturated carbocycles. The second-order valence-corrected chi connectivity index (χ2v) is 6.42. The van der Waals surface area contributed by atoms with Crippen LogP contribution >= 0.6 is 0 Å². The van der Waals surface area contributed by atoms with E-state index in [0.717, 1.165) is 32.5 Å². The topological polar surface area (TPSA) is 84.4 Å². The van der Waals surface area contributed by atoms with Crippen molar-refractivity contribution in [1.29, 1.82) is 0 Å². The molecule has 8 nitrogen and oxygen atoms in total. The number of carboxylic acid groups (broad SMARTS) is 1. The minimum absolute atomic E-state index is 0.0129. The summed E-state index contributed by atoms with van der Waals surface area (Å²) in [6.07, 6.45) is 0.912. The minimum atomic E-state index is -0.833. The van der Waals surface area contributed by atoms with E-state index in [4.69, 9.17) is 5.11 Å². The molecule has 0 spiro atoms. The Morgan fingerprint density at radius 3 is 1.83 bits per heavy atom. The van der Waals surface area contributed by atoms with Gasteiger partial charge in [-0.25, -0.2) is 0 Å². The molecule has 1 saturated heterocycles. The lowest BCUT2D eigenvalue weighted by molar-refractivity contribution is -0.138. The summed E-state index contributed by atoms with van der Waals surface area (Å²) < 4.78 is 0. The molecule has 0 amide bonds. The number of ketones is 1. The van der Waals surface area contributed by atoms with E-state index in [1.165, 1.54) is 0 Å². The molecular formula is C16H30N4O4. The van der Waals surface area contributed by atoms with Crippen molar-refractivity contribution in [2.24, 2.45) is 0 Å². The second-order valence-electron chi connectivity index (χ2n) is 6.42. The summed E-state index contributed by atoms with van der Waals surface area (Å²) in [7, 11) is 2.01. The molecule has 0 aromatic rings. The lowest BCUT2D eigenvalue weighted by Crippen LogP contribution is -2.47. The van der Waals surface area contributed by atoms with E-state index < -0.39 is 5.97 Å². The van der Waals surface area contributed by atoms with Crippen LogP contribution in [-0.4, -0.2) is 122 Å². The van der Waals surface area contributed by atoms with Crippen LogP contribution in [0, 0.1) is 0 Å². The van der Waals surface area contributed by atoms with Gasteiger partial charge >= 0.3 is 5.97 Å². The van der Waals surface area contributed by atoms with Gasteiger partial charge in [0.1, 0.15) is 12.1 Å². The quantitative estimate of drug-likeness (QED) is 0.597. The predicted molar refractivity (Wildman–Crippen MR) is 91.2 cm³/mol. The number of aldehydes is 1. The summed E-state index contributed by atoms with van der Waals surface area (Å²) >= 11 is 0. The van der Waals surface area contributed by atoms with Gasteiger partial charge in [-0.1, -0.05) is 0 Å². The molecule has 0 bridgehead atoms. The van der Waals surface area contributed by atoms with Crippen LogP contribution in [0.5, 0.6) is 0 Å². The van der Waals surface area contributed by atoms with Crippen LogP contribution in [0.25, 0.3) is 0 Å². The van der Waals surface area contributed by atoms with Gasteiger partial charge in [0, 0.05) is 52.4 Å². The molecule has 1 aliphatic rings. The highest BCUT2D eigenvalue weighted by atomic mass is 16.4. The van der Waals surface area contributed by atoms with Crippen molar-refractivity contribution in [2.45, 2.75) is 6.92 Å². The smallest absolute Gasteiger partial charge is 0.317 e. The Morgan fingerprint density at radius 1 is 0.875 bits per heavy atom. The SMILES string of the molecule is CC(=O)CN1CCN(CC=O)CCN(C)CCN(CC(=O)O)CC1. The first kappa shape index (κ1) is 20.7. The first-order valence-corrected chi connectivity index (χ1v) is 8.41. The van der Waals surface area contributed by atoms with Crippen LogP contribution < -0.4 is 0 Å². The monoisotopic (exact) mass is 342 g/mol. The third-order valence-corrected chi connectivity index (χ3v) is 4.20. The average molecular weight is 342 g/mol. The van der Waals surface area contributed by atoms with Gasteiger partial charge in [-0.05, 0) is 14.0 Å². The maximum atomic E-state index is 11.5. The van der Waals surface area contributed by atoms with Gasteiger partial charge in [-0.2, -0.15) is 0 Å². The predicted octanol–water partition coefficient (Wildman–Crippen LogP) is -1.29. The average Bonchev–Trinajstić information content (AvgIpc) is 2.49. The Balaban J connectivity index is 2.73. The zero-order valence-electron chi connectivity index (χ0n) is 14.8. The van der Waals surface area contributed by atoms with Gasteiger partial charge in [-0.3, -0.25) is 24.3 Å². The van der Waals surface area contributed by atoms with Crippen molar-refractivity contribution in [3.8, 4) is 0 Å². The molecule has 1 heterocycles. The first-order chi connectivity index (χ1) is 11.4. The van der Waals surface area contributed by atoms with E-state index in [1.54, 1.807) is 6.92 Å². The van der Waals surface area contributed by atoms with E-state index in [1.807, 2.05) is 16.8 Å². The van der Waals surface area contributed by atoms with Crippen LogP contribution in [0.4, 0.5) is 0 Å². The largest absolute Gasteiger partial charge is 0.480 e. The number of likely N-dealkylation sites (N-methyl/N-ethyl adjacent to an activating group) is 1. The van der Waals surface area contributed by atoms with Crippen molar-refractivity contribution in [3.05, 3.63) is 0 Å². The van der Waals surface area contributed by atoms with Crippen LogP contribution in [0.3, 0.4) is 0 Å². The molecule has 1 rings (SSSR count). The number of carboxylic acids is 1. The molecule has 0 aromatic carbocycles. The number of Topliss-reactive ketones (excluding diaryl/α,β-unsaturated/α-hetero) is 1. The number of aliphatic carboxylic acids is 1. The van der Waals surface area contributed by atoms with Gasteiger partial charge in [0.2, 0.25) is 0 Å². The molecule has 0 radical (unpaired) electrons. The Bertz CT molecular complexity index is 419. The van der Waals surface area contributed by atoms with E-state index in [-0.39, 0.29) is 12.3 Å². The van der Waals surface area contributed by atoms with E-state index in [0.29, 0.717) is 39.3 Å². The van der Waals surface area contributed by atoms with Gasteiger partial charge in [0.25, 0.3) is 0 Å². The normalized spacial score (nSPS) is 20.9. The summed E-state index contributed by atoms with van der Waals surface area (Å²) in [6.45, 7) is 8.04. The maximum Gasteiger partial charge on any atom is 0.317 e. The summed E-state index contributed by atoms with van der Waals surface area (Å²) in [6, 6.07) is 0. The Labute approximate surface area is 144 Å². The van der Waals surface area contributed by atoms with Crippen LogP contribution in [-0.2, 0) is 14.4 Å². The van der Waals surface area contributed by atoms with Crippen molar-refractivity contribution in [2.75, 3.05) is 79.0 Å². The summed E-state index contributed by atoms with van der Waals surface area (Å²) in [5.74, 6) is -0.742. The molecule has 8 heteroatoms. The Hall–Kier alpha value is -1.35. The standard InChI is InChI=1S/C16H30N4O4/c1-15(22)13-19-8-7-18(11-12-21)5-3-17(2)4-6-20(10-9-19)14-16(23)24/h12H,3-11,13-14H2,1-2H3,(H,23,24).